The van der Waals surface area contributed by atoms with Crippen LogP contribution in [-0.4, -0.2) is 96.7 Å². The Labute approximate surface area is 632 Å². The second-order valence-corrected chi connectivity index (χ2v) is 29.9. The molecule has 0 aromatic carbocycles. The minimum absolute atomic E-state index is 0.0652. The van der Waals surface area contributed by atoms with Gasteiger partial charge in [0.1, 0.15) is 19.3 Å². The Morgan fingerprint density at radius 2 is 0.510 bits per heavy atom. The second-order valence-electron chi connectivity index (χ2n) is 27.0. The first-order chi connectivity index (χ1) is 50.7. The molecule has 0 aliphatic rings. The minimum atomic E-state index is -5.00. The van der Waals surface area contributed by atoms with Gasteiger partial charge in [-0.05, 0) is 128 Å². The summed E-state index contributed by atoms with van der Waals surface area (Å²) in [6.45, 7) is 4.57. The van der Waals surface area contributed by atoms with Crippen molar-refractivity contribution in [2.45, 2.75) is 354 Å². The maximum absolute atomic E-state index is 13.1. The lowest BCUT2D eigenvalue weighted by Gasteiger charge is -2.21. The van der Waals surface area contributed by atoms with Crippen LogP contribution in [0.15, 0.2) is 122 Å². The summed E-state index contributed by atoms with van der Waals surface area (Å²) in [6, 6.07) is 0. The first-order valence-corrected chi connectivity index (χ1v) is 43.8. The van der Waals surface area contributed by atoms with Crippen LogP contribution in [-0.2, 0) is 65.4 Å². The summed E-state index contributed by atoms with van der Waals surface area (Å²) < 4.78 is 68.6. The molecular weight excluding hydrogens is 1350 g/mol. The molecule has 17 nitrogen and oxygen atoms in total. The third-order valence-corrected chi connectivity index (χ3v) is 18.8. The number of esters is 4. The lowest BCUT2D eigenvalue weighted by atomic mass is 10.0. The van der Waals surface area contributed by atoms with Crippen LogP contribution in [0.1, 0.15) is 336 Å². The smallest absolute Gasteiger partial charge is 0.462 e. The number of hydrogen-bond acceptors (Lipinski definition) is 15. The van der Waals surface area contributed by atoms with Crippen molar-refractivity contribution in [1.29, 1.82) is 0 Å². The number of phosphoric ester groups is 2. The quantitative estimate of drug-likeness (QED) is 0.0169. The Bertz CT molecular complexity index is 2440. The summed E-state index contributed by atoms with van der Waals surface area (Å²) in [4.78, 5) is 73.1. The summed E-state index contributed by atoms with van der Waals surface area (Å²) in [5, 5.41) is 10.6. The molecule has 0 radical (unpaired) electrons. The number of allylic oxidation sites excluding steroid dienone is 20. The zero-order valence-corrected chi connectivity index (χ0v) is 67.2. The first kappa shape index (κ1) is 99.5. The Balaban J connectivity index is 5.41. The predicted molar refractivity (Wildman–Crippen MR) is 427 cm³/mol. The Hall–Kier alpha value is -4.54. The molecule has 19 heteroatoms. The standard InChI is InChI=1S/C85H146O17P2/c1-5-9-13-17-21-25-29-33-37-39-43-45-49-53-57-61-65-69-82(87)95-75-80(101-84(89)71-67-63-59-55-51-47-41-35-31-27-23-19-15-11-7-3)77-99-103(91,92)97-73-79(86)74-98-104(93,94)100-78-81(102-85(90)72-68-64-60-56-52-48-42-36-32-28-24-20-16-12-8-4)76-96-83(88)70-66-62-58-54-50-46-44-40-38-34-30-26-22-18-14-10-6-2/h9-10,13-14,21-23,25-27,33-35,37-38,41,43,45,53,57,79-81,86H,5-8,11-12,15-20,24,28-32,36,39-40,42,44,46-52,54-56,58-78H2,1-4H3,(H,91,92)(H,93,94)/b13-9-,14-10-,25-21-,26-22-,27-23-,37-33-,38-34-,41-35-,45-43-,57-53-. The van der Waals surface area contributed by atoms with Crippen LogP contribution in [0.4, 0.5) is 0 Å². The van der Waals surface area contributed by atoms with Gasteiger partial charge in [-0.2, -0.15) is 0 Å². The number of ether oxygens (including phenoxy) is 4. The molecule has 0 amide bonds. The highest BCUT2D eigenvalue weighted by Gasteiger charge is 2.30. The number of aliphatic hydroxyl groups is 1. The van der Waals surface area contributed by atoms with E-state index < -0.39 is 97.5 Å². The molecule has 0 saturated carbocycles. The van der Waals surface area contributed by atoms with Gasteiger partial charge in [-0.3, -0.25) is 37.3 Å². The first-order valence-electron chi connectivity index (χ1n) is 40.8. The highest BCUT2D eigenvalue weighted by molar-refractivity contribution is 7.47. The van der Waals surface area contributed by atoms with Gasteiger partial charge in [0.25, 0.3) is 0 Å². The summed E-state index contributed by atoms with van der Waals surface area (Å²) in [6.07, 6.45) is 84.6. The molecule has 3 N–H and O–H groups in total. The fraction of sp³-hybridized carbons (Fsp3) is 0.718. The lowest BCUT2D eigenvalue weighted by Crippen LogP contribution is -2.30. The van der Waals surface area contributed by atoms with E-state index in [1.807, 2.05) is 12.2 Å². The summed E-state index contributed by atoms with van der Waals surface area (Å²) in [5.41, 5.74) is 0. The molecule has 0 fully saturated rings. The van der Waals surface area contributed by atoms with E-state index in [0.29, 0.717) is 32.1 Å². The Kier molecular flexibility index (Phi) is 73.3. The topological polar surface area (TPSA) is 237 Å². The largest absolute Gasteiger partial charge is 0.472 e. The maximum atomic E-state index is 13.1. The van der Waals surface area contributed by atoms with Crippen LogP contribution >= 0.6 is 15.6 Å². The molecular formula is C85H146O17P2. The Morgan fingerprint density at radius 1 is 0.279 bits per heavy atom. The monoisotopic (exact) mass is 1500 g/mol. The SMILES string of the molecule is CC/C=C\C/C=C\C/C=C\C/C=C\C/C=C\CCCC(=O)OCC(COP(=O)(O)OCC(O)COP(=O)(O)OCC(COC(=O)CCCCCCCCC/C=C\C/C=C\C/C=C\CC)OC(=O)CCCCCCCCCCCCCCCCC)OC(=O)CCCCCCC/C=C\C/C=C\CCCCC. The fourth-order valence-electron chi connectivity index (χ4n) is 10.8. The number of carbonyl (C=O) groups excluding carboxylic acids is 4. The molecule has 0 aliphatic heterocycles. The van der Waals surface area contributed by atoms with Gasteiger partial charge < -0.3 is 33.8 Å². The molecule has 598 valence electrons. The number of carbonyl (C=O) groups is 4. The number of aliphatic hydroxyl groups excluding tert-OH is 1. The van der Waals surface area contributed by atoms with E-state index in [-0.39, 0.29) is 25.7 Å². The van der Waals surface area contributed by atoms with Gasteiger partial charge in [-0.25, -0.2) is 9.13 Å². The van der Waals surface area contributed by atoms with Crippen molar-refractivity contribution in [3.63, 3.8) is 0 Å². The third kappa shape index (κ3) is 75.7. The van der Waals surface area contributed by atoms with Crippen molar-refractivity contribution in [2.24, 2.45) is 0 Å². The molecule has 0 aliphatic carbocycles. The average Bonchev–Trinajstić information content (AvgIpc) is 0.937. The molecule has 0 aromatic rings. The number of phosphoric acid groups is 2. The van der Waals surface area contributed by atoms with Crippen LogP contribution < -0.4 is 0 Å². The minimum Gasteiger partial charge on any atom is -0.462 e. The van der Waals surface area contributed by atoms with Gasteiger partial charge in [-0.1, -0.05) is 303 Å². The van der Waals surface area contributed by atoms with E-state index >= 15 is 0 Å². The molecule has 0 rings (SSSR count). The van der Waals surface area contributed by atoms with E-state index in [9.17, 15) is 43.2 Å². The van der Waals surface area contributed by atoms with Crippen molar-refractivity contribution in [3.8, 4) is 0 Å². The Morgan fingerprint density at radius 3 is 0.827 bits per heavy atom. The van der Waals surface area contributed by atoms with Gasteiger partial charge in [0, 0.05) is 25.7 Å². The summed E-state index contributed by atoms with van der Waals surface area (Å²) in [5.74, 6) is -2.25. The van der Waals surface area contributed by atoms with Gasteiger partial charge in [0.15, 0.2) is 12.2 Å². The van der Waals surface area contributed by atoms with Gasteiger partial charge in [-0.15, -0.1) is 0 Å². The van der Waals surface area contributed by atoms with Crippen LogP contribution in [0.25, 0.3) is 0 Å². The van der Waals surface area contributed by atoms with Gasteiger partial charge >= 0.3 is 39.5 Å². The van der Waals surface area contributed by atoms with Gasteiger partial charge in [0.05, 0.1) is 26.4 Å². The van der Waals surface area contributed by atoms with Crippen molar-refractivity contribution < 1.29 is 80.2 Å². The van der Waals surface area contributed by atoms with Crippen molar-refractivity contribution in [2.75, 3.05) is 39.6 Å². The number of hydrogen-bond donors (Lipinski definition) is 3. The van der Waals surface area contributed by atoms with E-state index in [1.165, 1.54) is 83.5 Å². The number of rotatable bonds is 76. The van der Waals surface area contributed by atoms with E-state index in [1.54, 1.807) is 0 Å². The van der Waals surface area contributed by atoms with E-state index in [2.05, 4.69) is 137 Å². The summed E-state index contributed by atoms with van der Waals surface area (Å²) in [7, 11) is -9.98. The van der Waals surface area contributed by atoms with Crippen molar-refractivity contribution in [3.05, 3.63) is 122 Å². The highest BCUT2D eigenvalue weighted by atomic mass is 31.2. The average molecular weight is 1500 g/mol. The fourth-order valence-corrected chi connectivity index (χ4v) is 12.4. The molecule has 0 bridgehead atoms. The zero-order valence-electron chi connectivity index (χ0n) is 65.4. The molecule has 0 aromatic heterocycles. The van der Waals surface area contributed by atoms with Crippen molar-refractivity contribution in [1.82, 2.24) is 0 Å². The second kappa shape index (κ2) is 76.6. The van der Waals surface area contributed by atoms with E-state index in [0.717, 1.165) is 167 Å². The summed E-state index contributed by atoms with van der Waals surface area (Å²) >= 11 is 0. The molecule has 104 heavy (non-hydrogen) atoms. The molecule has 0 spiro atoms. The lowest BCUT2D eigenvalue weighted by molar-refractivity contribution is -0.161. The molecule has 0 heterocycles. The third-order valence-electron chi connectivity index (χ3n) is 16.9. The normalized spacial score (nSPS) is 14.5. The van der Waals surface area contributed by atoms with Crippen LogP contribution in [0.2, 0.25) is 0 Å². The van der Waals surface area contributed by atoms with Crippen molar-refractivity contribution >= 4 is 39.5 Å². The van der Waals surface area contributed by atoms with Gasteiger partial charge in [0.2, 0.25) is 0 Å². The van der Waals surface area contributed by atoms with Crippen LogP contribution in [0.3, 0.4) is 0 Å². The molecule has 5 unspecified atom stereocenters. The number of unbranched alkanes of at least 4 members (excludes halogenated alkanes) is 30. The van der Waals surface area contributed by atoms with Crippen LogP contribution in [0.5, 0.6) is 0 Å². The molecule has 0 saturated heterocycles. The predicted octanol–water partition coefficient (Wildman–Crippen LogP) is 23.9. The van der Waals surface area contributed by atoms with Crippen LogP contribution in [0, 0.1) is 0 Å². The van der Waals surface area contributed by atoms with E-state index in [4.69, 9.17) is 37.0 Å². The highest BCUT2D eigenvalue weighted by Crippen LogP contribution is 2.45. The zero-order chi connectivity index (χ0) is 76.0. The molecule has 5 atom stereocenters. The maximum Gasteiger partial charge on any atom is 0.472 e.